The van der Waals surface area contributed by atoms with Crippen molar-refractivity contribution in [1.29, 1.82) is 0 Å². The Morgan fingerprint density at radius 1 is 0.880 bits per heavy atom. The Kier molecular flexibility index (Phi) is 12.1. The first-order valence-corrected chi connectivity index (χ1v) is 18.3. The number of methoxy groups -OCH3 is 2. The second-order valence-electron chi connectivity index (χ2n) is 11.1. The van der Waals surface area contributed by atoms with Crippen molar-refractivity contribution in [1.82, 2.24) is 24.4 Å². The summed E-state index contributed by atoms with van der Waals surface area (Å²) in [6.07, 6.45) is 2.66. The molecule has 5 rings (SSSR count). The van der Waals surface area contributed by atoms with Crippen LogP contribution in [-0.2, 0) is 26.1 Å². The first kappa shape index (κ1) is 36.4. The number of sulfonamides is 1. The molecule has 14 nitrogen and oxygen atoms in total. The highest BCUT2D eigenvalue weighted by Gasteiger charge is 2.26. The van der Waals surface area contributed by atoms with Crippen molar-refractivity contribution in [2.24, 2.45) is 0 Å². The number of benzene rings is 3. The summed E-state index contributed by atoms with van der Waals surface area (Å²) in [6, 6.07) is 17.4. The van der Waals surface area contributed by atoms with E-state index in [1.54, 1.807) is 54.0 Å². The molecule has 0 aliphatic carbocycles. The van der Waals surface area contributed by atoms with E-state index in [9.17, 15) is 22.8 Å². The highest BCUT2D eigenvalue weighted by molar-refractivity contribution is 7.99. The molecular formula is C34H38N6O8S2. The number of amides is 2. The summed E-state index contributed by atoms with van der Waals surface area (Å²) in [4.78, 5) is 38.2. The summed E-state index contributed by atoms with van der Waals surface area (Å²) in [6.45, 7) is 2.90. The number of carbonyl (C=O) groups is 3. The maximum Gasteiger partial charge on any atom is 0.338 e. The van der Waals surface area contributed by atoms with E-state index in [1.807, 2.05) is 0 Å². The fourth-order valence-corrected chi connectivity index (χ4v) is 7.53. The van der Waals surface area contributed by atoms with Crippen LogP contribution in [0.15, 0.2) is 76.8 Å². The van der Waals surface area contributed by atoms with Gasteiger partial charge >= 0.3 is 5.97 Å². The number of ether oxygens (including phenoxy) is 3. The molecule has 0 atom stereocenters. The minimum atomic E-state index is -3.63. The van der Waals surface area contributed by atoms with Crippen molar-refractivity contribution >= 4 is 45.3 Å². The van der Waals surface area contributed by atoms with Crippen molar-refractivity contribution < 1.29 is 37.0 Å². The number of hydrogen-bond acceptors (Lipinski definition) is 11. The van der Waals surface area contributed by atoms with Crippen LogP contribution in [0.4, 0.5) is 5.69 Å². The molecule has 0 bridgehead atoms. The van der Waals surface area contributed by atoms with Crippen LogP contribution in [0.2, 0.25) is 0 Å². The topological polar surface area (TPSA) is 171 Å². The van der Waals surface area contributed by atoms with Crippen molar-refractivity contribution in [2.45, 2.75) is 42.8 Å². The largest absolute Gasteiger partial charge is 0.497 e. The van der Waals surface area contributed by atoms with Gasteiger partial charge in [-0.25, -0.2) is 13.2 Å². The Hall–Kier alpha value is -4.93. The highest BCUT2D eigenvalue weighted by atomic mass is 32.2. The second kappa shape index (κ2) is 16.7. The van der Waals surface area contributed by atoms with Crippen LogP contribution in [0.25, 0.3) is 5.69 Å². The van der Waals surface area contributed by atoms with Crippen molar-refractivity contribution in [2.75, 3.05) is 45.0 Å². The van der Waals surface area contributed by atoms with Crippen LogP contribution in [0, 0.1) is 0 Å². The molecule has 0 radical (unpaired) electrons. The SMILES string of the molecule is CCOC(=O)c1ccc(NC(=O)CSc2nnc(CNC(=O)c3ccc(S(=O)(=O)N4CCCCC4)cc3)n2-c2cc(OC)ccc2OC)cc1. The number of anilines is 1. The first-order valence-electron chi connectivity index (χ1n) is 15.9. The third-order valence-electron chi connectivity index (χ3n) is 7.82. The molecule has 0 unspecified atom stereocenters. The molecule has 16 heteroatoms. The molecule has 4 aromatic rings. The normalized spacial score (nSPS) is 13.3. The first-order chi connectivity index (χ1) is 24.1. The average molecular weight is 723 g/mol. The standard InChI is InChI=1S/C34H38N6O8S2/c1-4-48-33(43)24-8-12-25(13-9-24)36-31(41)22-49-34-38-37-30(40(34)28-20-26(46-2)14-17-29(28)47-3)21-35-32(42)23-10-15-27(16-11-23)50(44,45)39-18-6-5-7-19-39/h8-17,20H,4-7,18-19,21-22H2,1-3H3,(H,35,42)(H,36,41). The maximum absolute atomic E-state index is 13.2. The lowest BCUT2D eigenvalue weighted by Gasteiger charge is -2.25. The summed E-state index contributed by atoms with van der Waals surface area (Å²) in [5.41, 5.74) is 1.66. The Balaban J connectivity index is 1.31. The van der Waals surface area contributed by atoms with Gasteiger partial charge in [0.1, 0.15) is 11.5 Å². The van der Waals surface area contributed by atoms with Gasteiger partial charge in [0, 0.05) is 30.4 Å². The van der Waals surface area contributed by atoms with Crippen molar-refractivity contribution in [3.8, 4) is 17.2 Å². The molecule has 0 spiro atoms. The summed E-state index contributed by atoms with van der Waals surface area (Å²) < 4.78 is 45.3. The lowest BCUT2D eigenvalue weighted by atomic mass is 10.2. The molecular weight excluding hydrogens is 685 g/mol. The third kappa shape index (κ3) is 8.61. The number of esters is 1. The van der Waals surface area contributed by atoms with E-state index in [0.29, 0.717) is 52.5 Å². The summed E-state index contributed by atoms with van der Waals surface area (Å²) in [7, 11) is -0.589. The number of nitrogens with zero attached hydrogens (tertiary/aromatic N) is 4. The predicted octanol–water partition coefficient (Wildman–Crippen LogP) is 4.30. The van der Waals surface area contributed by atoms with E-state index in [4.69, 9.17) is 14.2 Å². The van der Waals surface area contributed by atoms with Crippen LogP contribution in [0.5, 0.6) is 11.5 Å². The second-order valence-corrected chi connectivity index (χ2v) is 14.0. The van der Waals surface area contributed by atoms with Gasteiger partial charge in [0.2, 0.25) is 15.9 Å². The van der Waals surface area contributed by atoms with Gasteiger partial charge in [-0.15, -0.1) is 10.2 Å². The van der Waals surface area contributed by atoms with E-state index >= 15 is 0 Å². The van der Waals surface area contributed by atoms with Gasteiger partial charge in [-0.2, -0.15) is 4.31 Å². The number of piperidine rings is 1. The third-order valence-corrected chi connectivity index (χ3v) is 10.7. The zero-order valence-corrected chi connectivity index (χ0v) is 29.5. The van der Waals surface area contributed by atoms with Crippen LogP contribution in [-0.4, -0.2) is 84.9 Å². The molecule has 2 heterocycles. The Morgan fingerprint density at radius 3 is 2.24 bits per heavy atom. The number of thioether (sulfide) groups is 1. The Labute approximate surface area is 294 Å². The number of carbonyl (C=O) groups excluding carboxylic acids is 3. The molecule has 1 aliphatic rings. The molecule has 1 fully saturated rings. The molecule has 1 saturated heterocycles. The molecule has 264 valence electrons. The van der Waals surface area contributed by atoms with Crippen LogP contribution in [0.3, 0.4) is 0 Å². The fraction of sp³-hybridized carbons (Fsp3) is 0.324. The van der Waals surface area contributed by atoms with E-state index in [0.717, 1.165) is 31.0 Å². The molecule has 50 heavy (non-hydrogen) atoms. The van der Waals surface area contributed by atoms with Gasteiger partial charge in [0.15, 0.2) is 11.0 Å². The summed E-state index contributed by atoms with van der Waals surface area (Å²) in [5.74, 6) is 0.0841. The minimum absolute atomic E-state index is 0.0386. The Bertz CT molecular complexity index is 1930. The maximum atomic E-state index is 13.2. The van der Waals surface area contributed by atoms with Gasteiger partial charge in [-0.3, -0.25) is 14.2 Å². The van der Waals surface area contributed by atoms with Crippen LogP contribution < -0.4 is 20.1 Å². The number of aromatic nitrogens is 3. The molecule has 1 aromatic heterocycles. The van der Waals surface area contributed by atoms with E-state index < -0.39 is 21.9 Å². The minimum Gasteiger partial charge on any atom is -0.497 e. The zero-order chi connectivity index (χ0) is 35.7. The van der Waals surface area contributed by atoms with Crippen molar-refractivity contribution in [3.05, 3.63) is 83.7 Å². The average Bonchev–Trinajstić information content (AvgIpc) is 3.55. The lowest BCUT2D eigenvalue weighted by molar-refractivity contribution is -0.113. The van der Waals surface area contributed by atoms with Gasteiger partial charge in [-0.05, 0) is 80.4 Å². The smallest absolute Gasteiger partial charge is 0.338 e. The van der Waals surface area contributed by atoms with Gasteiger partial charge in [0.05, 0.1) is 49.3 Å². The van der Waals surface area contributed by atoms with Crippen LogP contribution in [0.1, 0.15) is 52.7 Å². The number of hydrogen-bond donors (Lipinski definition) is 2. The van der Waals surface area contributed by atoms with Crippen molar-refractivity contribution in [3.63, 3.8) is 0 Å². The Morgan fingerprint density at radius 2 is 1.58 bits per heavy atom. The van der Waals surface area contributed by atoms with Gasteiger partial charge in [0.25, 0.3) is 5.91 Å². The predicted molar refractivity (Wildman–Crippen MR) is 186 cm³/mol. The lowest BCUT2D eigenvalue weighted by Crippen LogP contribution is -2.35. The zero-order valence-electron chi connectivity index (χ0n) is 27.9. The fourth-order valence-electron chi connectivity index (χ4n) is 5.25. The number of rotatable bonds is 14. The van der Waals surface area contributed by atoms with E-state index in [1.165, 1.54) is 42.8 Å². The molecule has 0 saturated carbocycles. The van der Waals surface area contributed by atoms with Gasteiger partial charge in [-0.1, -0.05) is 18.2 Å². The summed E-state index contributed by atoms with van der Waals surface area (Å²) >= 11 is 1.12. The molecule has 3 aromatic carbocycles. The highest BCUT2D eigenvalue weighted by Crippen LogP contribution is 2.32. The van der Waals surface area contributed by atoms with Crippen LogP contribution >= 0.6 is 11.8 Å². The number of nitrogens with one attached hydrogen (secondary N) is 2. The van der Waals surface area contributed by atoms with E-state index in [2.05, 4.69) is 20.8 Å². The molecule has 2 amide bonds. The molecule has 1 aliphatic heterocycles. The van der Waals surface area contributed by atoms with Gasteiger partial charge < -0.3 is 24.8 Å². The van der Waals surface area contributed by atoms with E-state index in [-0.39, 0.29) is 35.3 Å². The monoisotopic (exact) mass is 722 g/mol. The molecule has 2 N–H and O–H groups in total. The quantitative estimate of drug-likeness (QED) is 0.141. The summed E-state index contributed by atoms with van der Waals surface area (Å²) in [5, 5.41) is 14.6.